The van der Waals surface area contributed by atoms with E-state index >= 15 is 0 Å². The van der Waals surface area contributed by atoms with Crippen molar-refractivity contribution in [2.24, 2.45) is 0 Å². The predicted molar refractivity (Wildman–Crippen MR) is 174 cm³/mol. The van der Waals surface area contributed by atoms with Crippen LogP contribution in [-0.2, 0) is 6.54 Å². The molecule has 0 bridgehead atoms. The minimum absolute atomic E-state index is 0.0269. The van der Waals surface area contributed by atoms with Crippen LogP contribution in [0.2, 0.25) is 0 Å². The molecular formula is C35H45N7O. The lowest BCUT2D eigenvalue weighted by molar-refractivity contribution is 0.0673. The molecule has 2 aromatic carbocycles. The van der Waals surface area contributed by atoms with Crippen molar-refractivity contribution in [2.75, 3.05) is 55.6 Å². The number of amides is 1. The van der Waals surface area contributed by atoms with Gasteiger partial charge in [-0.05, 0) is 55.3 Å². The van der Waals surface area contributed by atoms with Gasteiger partial charge in [0.05, 0.1) is 16.8 Å². The third kappa shape index (κ3) is 7.91. The van der Waals surface area contributed by atoms with Crippen molar-refractivity contribution in [2.45, 2.75) is 54.1 Å². The molecule has 2 aliphatic heterocycles. The fourth-order valence-electron chi connectivity index (χ4n) is 5.59. The monoisotopic (exact) mass is 579 g/mol. The smallest absolute Gasteiger partial charge is 0.254 e. The average Bonchev–Trinajstić information content (AvgIpc) is 3.07. The van der Waals surface area contributed by atoms with Gasteiger partial charge in [0.1, 0.15) is 18.0 Å². The van der Waals surface area contributed by atoms with Crippen LogP contribution in [0.4, 0.5) is 11.5 Å². The van der Waals surface area contributed by atoms with Crippen LogP contribution >= 0.6 is 0 Å². The van der Waals surface area contributed by atoms with Crippen molar-refractivity contribution in [1.82, 2.24) is 14.8 Å². The highest BCUT2D eigenvalue weighted by atomic mass is 16.2. The molecule has 1 amide bonds. The minimum Gasteiger partial charge on any atom is -0.367 e. The van der Waals surface area contributed by atoms with Crippen LogP contribution in [0.25, 0.3) is 0 Å². The molecule has 8 heteroatoms. The molecule has 3 aromatic rings. The van der Waals surface area contributed by atoms with Crippen molar-refractivity contribution in [1.29, 1.82) is 10.5 Å². The number of aromatic nitrogens is 1. The van der Waals surface area contributed by atoms with E-state index in [2.05, 4.69) is 56.9 Å². The van der Waals surface area contributed by atoms with Crippen molar-refractivity contribution in [3.8, 4) is 12.1 Å². The maximum absolute atomic E-state index is 13.7. The number of anilines is 2. The molecule has 8 nitrogen and oxygen atoms in total. The number of aryl methyl sites for hydroxylation is 1. The number of piperazine rings is 2. The molecule has 226 valence electrons. The Morgan fingerprint density at radius 2 is 1.51 bits per heavy atom. The molecule has 0 saturated carbocycles. The number of carbonyl (C=O) groups is 1. The Morgan fingerprint density at radius 3 is 2.19 bits per heavy atom. The summed E-state index contributed by atoms with van der Waals surface area (Å²) in [5.74, 6) is 0.826. The van der Waals surface area contributed by atoms with E-state index in [-0.39, 0.29) is 11.9 Å². The van der Waals surface area contributed by atoms with E-state index in [0.717, 1.165) is 60.9 Å². The average molecular weight is 580 g/mol. The molecule has 2 saturated heterocycles. The Hall–Kier alpha value is -4.40. The van der Waals surface area contributed by atoms with Crippen molar-refractivity contribution in [3.05, 3.63) is 88.6 Å². The number of benzene rings is 2. The van der Waals surface area contributed by atoms with Crippen LogP contribution in [0.3, 0.4) is 0 Å². The first-order valence-electron chi connectivity index (χ1n) is 15.5. The Balaban J connectivity index is 0.00000121. The molecule has 2 aliphatic rings. The topological polar surface area (TPSA) is 90.5 Å². The van der Waals surface area contributed by atoms with E-state index in [1.165, 1.54) is 0 Å². The third-order valence-corrected chi connectivity index (χ3v) is 7.77. The molecule has 5 rings (SSSR count). The predicted octanol–water partition coefficient (Wildman–Crippen LogP) is 5.86. The standard InChI is InChI=1S/C31H33N7O.2C2H6/c1-23-9-10-25(22-35-12-14-36(15-13-35)30-27(20-33)7-5-11-34-30)18-28(23)31(39)38-17-16-37(21-24(38)2)29-8-4-3-6-26(29)19-32;2*1-2/h3-11,18,24H,12-17,21-22H2,1-2H3;2*1-2H3/t24-;;/m0../s1. The molecule has 1 atom stereocenters. The van der Waals surface area contributed by atoms with Crippen LogP contribution in [-0.4, -0.2) is 72.5 Å². The summed E-state index contributed by atoms with van der Waals surface area (Å²) in [7, 11) is 0. The Morgan fingerprint density at radius 1 is 0.860 bits per heavy atom. The molecule has 0 N–H and O–H groups in total. The van der Waals surface area contributed by atoms with Gasteiger partial charge in [0.25, 0.3) is 5.91 Å². The number of carbonyl (C=O) groups excluding carboxylic acids is 1. The highest BCUT2D eigenvalue weighted by Crippen LogP contribution is 2.25. The Labute approximate surface area is 257 Å². The van der Waals surface area contributed by atoms with Crippen molar-refractivity contribution < 1.29 is 4.79 Å². The van der Waals surface area contributed by atoms with Crippen LogP contribution in [0, 0.1) is 29.6 Å². The van der Waals surface area contributed by atoms with E-state index in [1.807, 2.05) is 69.9 Å². The molecule has 0 radical (unpaired) electrons. The molecule has 0 aliphatic carbocycles. The first-order valence-corrected chi connectivity index (χ1v) is 15.5. The van der Waals surface area contributed by atoms with Crippen LogP contribution < -0.4 is 9.80 Å². The first kappa shape index (κ1) is 33.1. The zero-order chi connectivity index (χ0) is 31.4. The summed E-state index contributed by atoms with van der Waals surface area (Å²) in [6, 6.07) is 22.0. The highest BCUT2D eigenvalue weighted by Gasteiger charge is 2.30. The third-order valence-electron chi connectivity index (χ3n) is 7.77. The minimum atomic E-state index is 0.0269. The zero-order valence-electron chi connectivity index (χ0n) is 26.5. The fraction of sp³-hybridized carbons (Fsp3) is 0.429. The fourth-order valence-corrected chi connectivity index (χ4v) is 5.59. The number of hydrogen-bond donors (Lipinski definition) is 0. The second-order valence-electron chi connectivity index (χ2n) is 10.3. The highest BCUT2D eigenvalue weighted by molar-refractivity contribution is 5.96. The SMILES string of the molecule is CC.CC.Cc1ccc(CN2CCN(c3ncccc3C#N)CC2)cc1C(=O)N1CCN(c2ccccc2C#N)C[C@@H]1C. The molecule has 3 heterocycles. The van der Waals surface area contributed by atoms with Gasteiger partial charge in [-0.25, -0.2) is 4.98 Å². The second kappa shape index (κ2) is 16.3. The largest absolute Gasteiger partial charge is 0.367 e. The number of rotatable bonds is 5. The summed E-state index contributed by atoms with van der Waals surface area (Å²) in [5, 5.41) is 18.9. The van der Waals surface area contributed by atoms with Gasteiger partial charge < -0.3 is 14.7 Å². The van der Waals surface area contributed by atoms with E-state index in [1.54, 1.807) is 12.3 Å². The van der Waals surface area contributed by atoms with Crippen molar-refractivity contribution in [3.63, 3.8) is 0 Å². The van der Waals surface area contributed by atoms with E-state index in [4.69, 9.17) is 0 Å². The zero-order valence-corrected chi connectivity index (χ0v) is 26.5. The molecule has 2 fully saturated rings. The molecule has 1 aromatic heterocycles. The summed E-state index contributed by atoms with van der Waals surface area (Å²) in [4.78, 5) is 26.9. The van der Waals surface area contributed by atoms with Crippen LogP contribution in [0.15, 0.2) is 60.8 Å². The number of hydrogen-bond acceptors (Lipinski definition) is 7. The summed E-state index contributed by atoms with van der Waals surface area (Å²) in [6.07, 6.45) is 1.74. The van der Waals surface area contributed by atoms with Gasteiger partial charge >= 0.3 is 0 Å². The summed E-state index contributed by atoms with van der Waals surface area (Å²) < 4.78 is 0. The Bertz CT molecular complexity index is 1430. The molecule has 43 heavy (non-hydrogen) atoms. The summed E-state index contributed by atoms with van der Waals surface area (Å²) in [6.45, 7) is 18.2. The van der Waals surface area contributed by atoms with Gasteiger partial charge in [-0.3, -0.25) is 9.69 Å². The number of para-hydroxylation sites is 1. The maximum atomic E-state index is 13.7. The van der Waals surface area contributed by atoms with Crippen LogP contribution in [0.1, 0.15) is 67.2 Å². The summed E-state index contributed by atoms with van der Waals surface area (Å²) >= 11 is 0. The maximum Gasteiger partial charge on any atom is 0.254 e. The van der Waals surface area contributed by atoms with Gasteiger partial charge in [0.2, 0.25) is 0 Å². The van der Waals surface area contributed by atoms with Crippen LogP contribution in [0.5, 0.6) is 0 Å². The molecule has 0 unspecified atom stereocenters. The molecular weight excluding hydrogens is 534 g/mol. The van der Waals surface area contributed by atoms with E-state index in [9.17, 15) is 15.3 Å². The normalized spacial score (nSPS) is 16.6. The van der Waals surface area contributed by atoms with Gasteiger partial charge in [-0.1, -0.05) is 52.0 Å². The molecule has 0 spiro atoms. The van der Waals surface area contributed by atoms with E-state index < -0.39 is 0 Å². The summed E-state index contributed by atoms with van der Waals surface area (Å²) in [5.41, 5.74) is 5.08. The quantitative estimate of drug-likeness (QED) is 0.374. The second-order valence-corrected chi connectivity index (χ2v) is 10.3. The number of pyridine rings is 1. The lowest BCUT2D eigenvalue weighted by Crippen LogP contribution is -2.54. The lowest BCUT2D eigenvalue weighted by Gasteiger charge is -2.41. The first-order chi connectivity index (χ1) is 21.0. The number of nitrogens with zero attached hydrogens (tertiary/aromatic N) is 7. The van der Waals surface area contributed by atoms with Gasteiger partial charge in [0, 0.05) is 70.2 Å². The van der Waals surface area contributed by atoms with Gasteiger partial charge in [-0.15, -0.1) is 0 Å². The van der Waals surface area contributed by atoms with Gasteiger partial charge in [0.15, 0.2) is 0 Å². The van der Waals surface area contributed by atoms with Crippen molar-refractivity contribution >= 4 is 17.4 Å². The van der Waals surface area contributed by atoms with E-state index in [0.29, 0.717) is 30.8 Å². The van der Waals surface area contributed by atoms with Gasteiger partial charge in [-0.2, -0.15) is 10.5 Å². The lowest BCUT2D eigenvalue weighted by atomic mass is 10.0. The Kier molecular flexibility index (Phi) is 12.5. The number of nitriles is 2.